The fourth-order valence-corrected chi connectivity index (χ4v) is 3.02. The molecule has 5 nitrogen and oxygen atoms in total. The Morgan fingerprint density at radius 3 is 2.84 bits per heavy atom. The highest BCUT2D eigenvalue weighted by molar-refractivity contribution is 7.11. The van der Waals surface area contributed by atoms with Crippen LogP contribution in [-0.4, -0.2) is 15.9 Å². The molecule has 25 heavy (non-hydrogen) atoms. The summed E-state index contributed by atoms with van der Waals surface area (Å²) in [6.07, 6.45) is 3.57. The molecule has 4 aromatic rings. The van der Waals surface area contributed by atoms with Crippen LogP contribution < -0.4 is 10.1 Å². The number of carbonyl (C=O) groups excluding carboxylic acids is 1. The normalized spacial score (nSPS) is 10.7. The number of aromatic nitrogens is 2. The van der Waals surface area contributed by atoms with E-state index in [1.165, 1.54) is 11.3 Å². The van der Waals surface area contributed by atoms with Gasteiger partial charge in [0, 0.05) is 40.8 Å². The van der Waals surface area contributed by atoms with E-state index in [2.05, 4.69) is 15.3 Å². The van der Waals surface area contributed by atoms with Crippen LogP contribution >= 0.6 is 11.3 Å². The Morgan fingerprint density at radius 2 is 2.04 bits per heavy atom. The van der Waals surface area contributed by atoms with Gasteiger partial charge in [-0.1, -0.05) is 23.5 Å². The fraction of sp³-hybridized carbons (Fsp3) is 0.0526. The summed E-state index contributed by atoms with van der Waals surface area (Å²) in [5, 5.41) is 6.44. The Labute approximate surface area is 148 Å². The number of hydrogen-bond acceptors (Lipinski definition) is 4. The van der Waals surface area contributed by atoms with Gasteiger partial charge in [-0.15, -0.1) is 0 Å². The van der Waals surface area contributed by atoms with Crippen molar-refractivity contribution < 1.29 is 9.53 Å². The second-order valence-corrected chi connectivity index (χ2v) is 6.36. The van der Waals surface area contributed by atoms with E-state index in [1.807, 2.05) is 60.1 Å². The van der Waals surface area contributed by atoms with Gasteiger partial charge in [-0.2, -0.15) is 0 Å². The number of thiazole rings is 1. The zero-order valence-electron chi connectivity index (χ0n) is 13.2. The number of rotatable bonds is 5. The summed E-state index contributed by atoms with van der Waals surface area (Å²) in [5.74, 6) is 0.633. The van der Waals surface area contributed by atoms with Gasteiger partial charge in [-0.05, 0) is 42.0 Å². The number of benzene rings is 2. The third-order valence-electron chi connectivity index (χ3n) is 3.81. The molecule has 0 aliphatic carbocycles. The quantitative estimate of drug-likeness (QED) is 0.563. The maximum absolute atomic E-state index is 12.3. The number of H-pyrrole nitrogens is 1. The monoisotopic (exact) mass is 349 g/mol. The molecule has 0 aliphatic heterocycles. The van der Waals surface area contributed by atoms with Crippen molar-refractivity contribution in [1.29, 1.82) is 0 Å². The molecule has 0 unspecified atom stereocenters. The summed E-state index contributed by atoms with van der Waals surface area (Å²) in [5.41, 5.74) is 2.67. The molecule has 4 rings (SSSR count). The van der Waals surface area contributed by atoms with E-state index < -0.39 is 0 Å². The zero-order valence-corrected chi connectivity index (χ0v) is 14.0. The molecular weight excluding hydrogens is 334 g/mol. The molecule has 2 heterocycles. The van der Waals surface area contributed by atoms with E-state index in [1.54, 1.807) is 6.20 Å². The topological polar surface area (TPSA) is 67.0 Å². The van der Waals surface area contributed by atoms with Crippen molar-refractivity contribution in [3.05, 3.63) is 77.4 Å². The maximum Gasteiger partial charge on any atom is 0.278 e. The van der Waals surface area contributed by atoms with Crippen LogP contribution in [-0.2, 0) is 6.54 Å². The van der Waals surface area contributed by atoms with Gasteiger partial charge in [0.1, 0.15) is 5.75 Å². The lowest BCUT2D eigenvalue weighted by Crippen LogP contribution is -2.22. The molecule has 0 aliphatic rings. The van der Waals surface area contributed by atoms with Crippen molar-refractivity contribution in [3.8, 4) is 10.9 Å². The Kier molecular flexibility index (Phi) is 4.18. The Hall–Kier alpha value is -3.12. The molecule has 6 heteroatoms. The van der Waals surface area contributed by atoms with Crippen molar-refractivity contribution in [2.45, 2.75) is 6.54 Å². The van der Waals surface area contributed by atoms with Crippen LogP contribution in [0.25, 0.3) is 10.9 Å². The number of ether oxygens (including phenoxy) is 1. The van der Waals surface area contributed by atoms with E-state index in [9.17, 15) is 4.79 Å². The number of amides is 1. The Balaban J connectivity index is 1.37. The number of fused-ring (bicyclic) bond motifs is 1. The lowest BCUT2D eigenvalue weighted by Gasteiger charge is -2.07. The van der Waals surface area contributed by atoms with Crippen LogP contribution in [0.4, 0.5) is 0 Å². The molecule has 1 amide bonds. The number of hydrogen-bond donors (Lipinski definition) is 2. The number of carbonyl (C=O) groups is 1. The van der Waals surface area contributed by atoms with Gasteiger partial charge in [0.25, 0.3) is 11.1 Å². The standard InChI is InChI=1S/C19H15N3O2S/c23-18(15-3-6-17-14(11-15)7-8-20-17)22-12-13-1-4-16(5-2-13)24-19-21-9-10-25-19/h1-11,20H,12H2,(H,22,23). The van der Waals surface area contributed by atoms with E-state index in [0.717, 1.165) is 22.2 Å². The predicted octanol–water partition coefficient (Wildman–Crippen LogP) is 4.35. The SMILES string of the molecule is O=C(NCc1ccc(Oc2nccs2)cc1)c1ccc2[nH]ccc2c1. The van der Waals surface area contributed by atoms with E-state index in [0.29, 0.717) is 17.3 Å². The van der Waals surface area contributed by atoms with Gasteiger partial charge in [0.2, 0.25) is 0 Å². The lowest BCUT2D eigenvalue weighted by molar-refractivity contribution is 0.0951. The molecule has 0 atom stereocenters. The van der Waals surface area contributed by atoms with Gasteiger partial charge in [0.15, 0.2) is 0 Å². The predicted molar refractivity (Wildman–Crippen MR) is 98.1 cm³/mol. The van der Waals surface area contributed by atoms with E-state index >= 15 is 0 Å². The zero-order chi connectivity index (χ0) is 17.1. The van der Waals surface area contributed by atoms with Gasteiger partial charge < -0.3 is 15.0 Å². The second-order valence-electron chi connectivity index (χ2n) is 5.51. The van der Waals surface area contributed by atoms with Crippen LogP contribution in [0.3, 0.4) is 0 Å². The Bertz CT molecular complexity index is 991. The van der Waals surface area contributed by atoms with Crippen molar-refractivity contribution >= 4 is 28.1 Å². The van der Waals surface area contributed by atoms with Crippen molar-refractivity contribution in [2.24, 2.45) is 0 Å². The van der Waals surface area contributed by atoms with Crippen LogP contribution in [0.15, 0.2) is 66.3 Å². The molecule has 0 radical (unpaired) electrons. The molecule has 2 N–H and O–H groups in total. The molecule has 124 valence electrons. The highest BCUT2D eigenvalue weighted by Crippen LogP contribution is 2.23. The summed E-state index contributed by atoms with van der Waals surface area (Å²) < 4.78 is 5.62. The van der Waals surface area contributed by atoms with Crippen LogP contribution in [0.5, 0.6) is 10.9 Å². The highest BCUT2D eigenvalue weighted by Gasteiger charge is 2.07. The Morgan fingerprint density at radius 1 is 1.16 bits per heavy atom. The summed E-state index contributed by atoms with van der Waals surface area (Å²) in [6, 6.07) is 15.2. The van der Waals surface area contributed by atoms with E-state index in [4.69, 9.17) is 4.74 Å². The maximum atomic E-state index is 12.3. The molecule has 2 aromatic heterocycles. The van der Waals surface area contributed by atoms with Gasteiger partial charge in [-0.25, -0.2) is 4.98 Å². The molecule has 2 aromatic carbocycles. The van der Waals surface area contributed by atoms with Gasteiger partial charge >= 0.3 is 0 Å². The first-order valence-corrected chi connectivity index (χ1v) is 8.67. The molecule has 0 fully saturated rings. The minimum atomic E-state index is -0.0915. The lowest BCUT2D eigenvalue weighted by atomic mass is 10.1. The first-order valence-electron chi connectivity index (χ1n) is 7.79. The first-order chi connectivity index (χ1) is 12.3. The van der Waals surface area contributed by atoms with Crippen LogP contribution in [0.1, 0.15) is 15.9 Å². The fourth-order valence-electron chi connectivity index (χ4n) is 2.52. The van der Waals surface area contributed by atoms with Crippen molar-refractivity contribution in [3.63, 3.8) is 0 Å². The minimum absolute atomic E-state index is 0.0915. The molecule has 0 saturated heterocycles. The van der Waals surface area contributed by atoms with Crippen molar-refractivity contribution in [2.75, 3.05) is 0 Å². The van der Waals surface area contributed by atoms with E-state index in [-0.39, 0.29) is 5.91 Å². The van der Waals surface area contributed by atoms with Gasteiger partial charge in [0.05, 0.1) is 0 Å². The molecule has 0 saturated carbocycles. The first kappa shape index (κ1) is 15.4. The largest absolute Gasteiger partial charge is 0.431 e. The van der Waals surface area contributed by atoms with Gasteiger partial charge in [-0.3, -0.25) is 4.79 Å². The van der Waals surface area contributed by atoms with Crippen molar-refractivity contribution in [1.82, 2.24) is 15.3 Å². The number of aromatic amines is 1. The highest BCUT2D eigenvalue weighted by atomic mass is 32.1. The number of nitrogens with zero attached hydrogens (tertiary/aromatic N) is 1. The number of nitrogens with one attached hydrogen (secondary N) is 2. The summed E-state index contributed by atoms with van der Waals surface area (Å²) in [4.78, 5) is 19.5. The minimum Gasteiger partial charge on any atom is -0.431 e. The summed E-state index contributed by atoms with van der Waals surface area (Å²) in [6.45, 7) is 0.460. The average Bonchev–Trinajstić information content (AvgIpc) is 3.31. The average molecular weight is 349 g/mol. The summed E-state index contributed by atoms with van der Waals surface area (Å²) in [7, 11) is 0. The summed E-state index contributed by atoms with van der Waals surface area (Å²) >= 11 is 1.44. The molecule has 0 bridgehead atoms. The smallest absolute Gasteiger partial charge is 0.278 e. The third kappa shape index (κ3) is 3.54. The second kappa shape index (κ2) is 6.78. The van der Waals surface area contributed by atoms with Crippen LogP contribution in [0.2, 0.25) is 0 Å². The van der Waals surface area contributed by atoms with Crippen LogP contribution in [0, 0.1) is 0 Å². The molecule has 0 spiro atoms. The molecular formula is C19H15N3O2S. The third-order valence-corrected chi connectivity index (χ3v) is 4.45.